The first-order chi connectivity index (χ1) is 10.6. The van der Waals surface area contributed by atoms with Crippen molar-refractivity contribution in [3.05, 3.63) is 35.9 Å². The quantitative estimate of drug-likeness (QED) is 0.752. The highest BCUT2D eigenvalue weighted by Gasteiger charge is 2.36. The van der Waals surface area contributed by atoms with Crippen LogP contribution in [0.25, 0.3) is 0 Å². The third-order valence-corrected chi connectivity index (χ3v) is 5.60. The Labute approximate surface area is 144 Å². The van der Waals surface area contributed by atoms with Gasteiger partial charge in [0.05, 0.1) is 0 Å². The lowest BCUT2D eigenvalue weighted by Crippen LogP contribution is -2.43. The van der Waals surface area contributed by atoms with Gasteiger partial charge < -0.3 is 5.32 Å². The summed E-state index contributed by atoms with van der Waals surface area (Å²) in [5.41, 5.74) is 2.17. The Morgan fingerprint density at radius 2 is 1.57 bits per heavy atom. The topological polar surface area (TPSA) is 12.0 Å². The molecule has 2 rings (SSSR count). The van der Waals surface area contributed by atoms with E-state index in [1.165, 1.54) is 31.2 Å². The highest BCUT2D eigenvalue weighted by atomic mass is 14.9. The van der Waals surface area contributed by atoms with Crippen molar-refractivity contribution in [1.29, 1.82) is 0 Å². The lowest BCUT2D eigenvalue weighted by atomic mass is 9.64. The van der Waals surface area contributed by atoms with Crippen LogP contribution in [-0.2, 0) is 6.42 Å². The molecule has 23 heavy (non-hydrogen) atoms. The van der Waals surface area contributed by atoms with Gasteiger partial charge in [-0.2, -0.15) is 0 Å². The van der Waals surface area contributed by atoms with E-state index in [1.54, 1.807) is 0 Å². The molecule has 1 nitrogen and oxygen atoms in total. The molecule has 0 radical (unpaired) electrons. The van der Waals surface area contributed by atoms with Gasteiger partial charge in [-0.3, -0.25) is 0 Å². The number of nitrogens with one attached hydrogen (secondary N) is 1. The van der Waals surface area contributed by atoms with E-state index in [0.29, 0.717) is 5.41 Å². The molecule has 0 bridgehead atoms. The SMILES string of the molecule is CC(C)(C)NCC1CCC(C(C)(C)C)CC1Cc1ccccc1. The van der Waals surface area contributed by atoms with Crippen LogP contribution in [0.3, 0.4) is 0 Å². The maximum absolute atomic E-state index is 3.76. The Kier molecular flexibility index (Phi) is 5.94. The smallest absolute Gasteiger partial charge is 0.00966 e. The average molecular weight is 316 g/mol. The summed E-state index contributed by atoms with van der Waals surface area (Å²) in [6.45, 7) is 15.3. The van der Waals surface area contributed by atoms with Crippen LogP contribution in [0.15, 0.2) is 30.3 Å². The first-order valence-corrected chi connectivity index (χ1v) is 9.44. The zero-order valence-electron chi connectivity index (χ0n) is 16.2. The molecule has 0 aromatic heterocycles. The van der Waals surface area contributed by atoms with E-state index in [9.17, 15) is 0 Å². The minimum Gasteiger partial charge on any atom is -0.312 e. The molecule has 1 aliphatic rings. The predicted octanol–water partition coefficient (Wildman–Crippen LogP) is 5.70. The third kappa shape index (κ3) is 5.95. The van der Waals surface area contributed by atoms with Crippen molar-refractivity contribution < 1.29 is 0 Å². The van der Waals surface area contributed by atoms with E-state index in [0.717, 1.165) is 24.3 Å². The van der Waals surface area contributed by atoms with Crippen molar-refractivity contribution in [2.75, 3.05) is 6.54 Å². The maximum Gasteiger partial charge on any atom is 0.00966 e. The second-order valence-corrected chi connectivity index (χ2v) is 9.72. The number of benzene rings is 1. The van der Waals surface area contributed by atoms with E-state index >= 15 is 0 Å². The summed E-state index contributed by atoms with van der Waals surface area (Å²) in [4.78, 5) is 0. The largest absolute Gasteiger partial charge is 0.312 e. The van der Waals surface area contributed by atoms with Crippen LogP contribution in [0.2, 0.25) is 0 Å². The Morgan fingerprint density at radius 1 is 0.913 bits per heavy atom. The molecule has 1 fully saturated rings. The van der Waals surface area contributed by atoms with Crippen LogP contribution in [0.1, 0.15) is 66.4 Å². The zero-order chi connectivity index (χ0) is 17.1. The fraction of sp³-hybridized carbons (Fsp3) is 0.727. The molecule has 0 spiro atoms. The van der Waals surface area contributed by atoms with Crippen LogP contribution in [0.4, 0.5) is 0 Å². The Bertz CT molecular complexity index is 463. The van der Waals surface area contributed by atoms with Crippen molar-refractivity contribution in [2.24, 2.45) is 23.2 Å². The van der Waals surface area contributed by atoms with Crippen LogP contribution in [-0.4, -0.2) is 12.1 Å². The van der Waals surface area contributed by atoms with Gasteiger partial charge in [-0.1, -0.05) is 51.1 Å². The number of hydrogen-bond donors (Lipinski definition) is 1. The molecular formula is C22H37N. The number of rotatable bonds is 4. The first kappa shape index (κ1) is 18.5. The molecule has 130 valence electrons. The molecular weight excluding hydrogens is 278 g/mol. The fourth-order valence-electron chi connectivity index (χ4n) is 3.99. The lowest BCUT2D eigenvalue weighted by molar-refractivity contribution is 0.0938. The molecule has 1 N–H and O–H groups in total. The molecule has 0 amide bonds. The Balaban J connectivity index is 2.07. The van der Waals surface area contributed by atoms with Gasteiger partial charge >= 0.3 is 0 Å². The highest BCUT2D eigenvalue weighted by molar-refractivity contribution is 5.15. The lowest BCUT2D eigenvalue weighted by Gasteiger charge is -2.43. The van der Waals surface area contributed by atoms with Crippen molar-refractivity contribution in [2.45, 2.75) is 72.8 Å². The van der Waals surface area contributed by atoms with E-state index in [1.807, 2.05) is 0 Å². The molecule has 1 aromatic rings. The molecule has 3 atom stereocenters. The zero-order valence-corrected chi connectivity index (χ0v) is 16.2. The molecule has 0 heterocycles. The Hall–Kier alpha value is -0.820. The monoisotopic (exact) mass is 315 g/mol. The second kappa shape index (κ2) is 7.38. The molecule has 1 aromatic carbocycles. The van der Waals surface area contributed by atoms with Crippen LogP contribution in [0, 0.1) is 23.2 Å². The second-order valence-electron chi connectivity index (χ2n) is 9.72. The minimum atomic E-state index is 0.220. The van der Waals surface area contributed by atoms with E-state index < -0.39 is 0 Å². The predicted molar refractivity (Wildman–Crippen MR) is 102 cm³/mol. The van der Waals surface area contributed by atoms with Crippen LogP contribution in [0.5, 0.6) is 0 Å². The molecule has 1 heteroatoms. The molecule has 0 aliphatic heterocycles. The summed E-state index contributed by atoms with van der Waals surface area (Å²) in [7, 11) is 0. The van der Waals surface area contributed by atoms with Gasteiger partial charge in [-0.15, -0.1) is 0 Å². The number of hydrogen-bond acceptors (Lipinski definition) is 1. The summed E-state index contributed by atoms with van der Waals surface area (Å²) < 4.78 is 0. The van der Waals surface area contributed by atoms with E-state index in [2.05, 4.69) is 77.2 Å². The van der Waals surface area contributed by atoms with Crippen molar-refractivity contribution in [1.82, 2.24) is 5.32 Å². The van der Waals surface area contributed by atoms with Gasteiger partial charge in [0.25, 0.3) is 0 Å². The van der Waals surface area contributed by atoms with Gasteiger partial charge in [-0.05, 0) is 81.7 Å². The summed E-state index contributed by atoms with van der Waals surface area (Å²) in [5.74, 6) is 2.49. The summed E-state index contributed by atoms with van der Waals surface area (Å²) >= 11 is 0. The van der Waals surface area contributed by atoms with Gasteiger partial charge in [0, 0.05) is 5.54 Å². The summed E-state index contributed by atoms with van der Waals surface area (Å²) in [6.07, 6.45) is 5.40. The normalized spacial score (nSPS) is 26.3. The fourth-order valence-corrected chi connectivity index (χ4v) is 3.99. The summed E-state index contributed by atoms with van der Waals surface area (Å²) in [6, 6.07) is 11.1. The molecule has 1 saturated carbocycles. The summed E-state index contributed by atoms with van der Waals surface area (Å²) in [5, 5.41) is 3.76. The van der Waals surface area contributed by atoms with Crippen LogP contribution >= 0.6 is 0 Å². The van der Waals surface area contributed by atoms with Crippen molar-refractivity contribution in [3.8, 4) is 0 Å². The molecule has 3 unspecified atom stereocenters. The van der Waals surface area contributed by atoms with Gasteiger partial charge in [0.15, 0.2) is 0 Å². The van der Waals surface area contributed by atoms with E-state index in [4.69, 9.17) is 0 Å². The highest BCUT2D eigenvalue weighted by Crippen LogP contribution is 2.43. The van der Waals surface area contributed by atoms with Gasteiger partial charge in [-0.25, -0.2) is 0 Å². The maximum atomic E-state index is 3.76. The van der Waals surface area contributed by atoms with Crippen molar-refractivity contribution >= 4 is 0 Å². The molecule has 0 saturated heterocycles. The molecule has 1 aliphatic carbocycles. The minimum absolute atomic E-state index is 0.220. The average Bonchev–Trinajstić information content (AvgIpc) is 2.45. The van der Waals surface area contributed by atoms with Crippen molar-refractivity contribution in [3.63, 3.8) is 0 Å². The Morgan fingerprint density at radius 3 is 2.13 bits per heavy atom. The first-order valence-electron chi connectivity index (χ1n) is 9.44. The van der Waals surface area contributed by atoms with E-state index in [-0.39, 0.29) is 5.54 Å². The standard InChI is InChI=1S/C22H37N/c1-21(2,3)20-13-12-18(16-23-22(4,5)6)19(15-20)14-17-10-8-7-9-11-17/h7-11,18-20,23H,12-16H2,1-6H3. The van der Waals surface area contributed by atoms with Gasteiger partial charge in [0.1, 0.15) is 0 Å². The van der Waals surface area contributed by atoms with Crippen LogP contribution < -0.4 is 5.32 Å². The van der Waals surface area contributed by atoms with Gasteiger partial charge in [0.2, 0.25) is 0 Å². The third-order valence-electron chi connectivity index (χ3n) is 5.60.